The molecule has 1 saturated carbocycles. The molecule has 0 radical (unpaired) electrons. The van der Waals surface area contributed by atoms with Gasteiger partial charge in [-0.15, -0.1) is 0 Å². The summed E-state index contributed by atoms with van der Waals surface area (Å²) in [5.74, 6) is 1.45. The van der Waals surface area contributed by atoms with E-state index in [-0.39, 0.29) is 11.8 Å². The van der Waals surface area contributed by atoms with Gasteiger partial charge in [-0.2, -0.15) is 0 Å². The summed E-state index contributed by atoms with van der Waals surface area (Å²) >= 11 is 0. The van der Waals surface area contributed by atoms with Crippen molar-refractivity contribution in [3.63, 3.8) is 0 Å². The molecule has 5 rings (SSSR count). The number of hydrogen-bond acceptors (Lipinski definition) is 6. The van der Waals surface area contributed by atoms with Crippen LogP contribution in [0.15, 0.2) is 30.6 Å². The highest BCUT2D eigenvalue weighted by molar-refractivity contribution is 5.95. The Morgan fingerprint density at radius 3 is 2.67 bits per heavy atom. The minimum Gasteiger partial charge on any atom is -0.368 e. The van der Waals surface area contributed by atoms with E-state index in [1.165, 1.54) is 0 Å². The Bertz CT molecular complexity index is 1170. The number of likely N-dealkylation sites (tertiary alicyclic amines) is 1. The molecule has 3 heterocycles. The van der Waals surface area contributed by atoms with E-state index >= 15 is 0 Å². The molecule has 1 saturated heterocycles. The third-order valence-corrected chi connectivity index (χ3v) is 6.11. The Morgan fingerprint density at radius 1 is 1.15 bits per heavy atom. The molecule has 9 heteroatoms. The maximum absolute atomic E-state index is 12.3. The molecule has 172 valence electrons. The molecule has 1 aromatic carbocycles. The standard InChI is InChI=1S/C24H29N7O2/c1-2-11-25-22-20-23(31(15-26-20)14-13-30-12-3-4-19(30)32)29-21(28-22)16-5-7-17(8-6-16)24(33)27-18-9-10-18/h5-8,15,18H,2-4,9-14H2,1H3,(H,27,33)(H,25,28,29). The van der Waals surface area contributed by atoms with Gasteiger partial charge in [0.1, 0.15) is 5.52 Å². The van der Waals surface area contributed by atoms with Crippen LogP contribution in [0.5, 0.6) is 0 Å². The summed E-state index contributed by atoms with van der Waals surface area (Å²) in [5, 5.41) is 6.38. The monoisotopic (exact) mass is 447 g/mol. The molecule has 0 atom stereocenters. The molecule has 0 spiro atoms. The number of amides is 2. The van der Waals surface area contributed by atoms with Crippen LogP contribution in [0.2, 0.25) is 0 Å². The minimum atomic E-state index is -0.0414. The Labute approximate surface area is 192 Å². The van der Waals surface area contributed by atoms with E-state index in [9.17, 15) is 9.59 Å². The fraction of sp³-hybridized carbons (Fsp3) is 0.458. The number of anilines is 1. The van der Waals surface area contributed by atoms with Crippen LogP contribution in [0.25, 0.3) is 22.6 Å². The molecular weight excluding hydrogens is 418 g/mol. The predicted molar refractivity (Wildman–Crippen MR) is 126 cm³/mol. The Morgan fingerprint density at radius 2 is 1.97 bits per heavy atom. The van der Waals surface area contributed by atoms with Gasteiger partial charge in [0.15, 0.2) is 17.3 Å². The van der Waals surface area contributed by atoms with Crippen molar-refractivity contribution in [1.82, 2.24) is 29.7 Å². The third-order valence-electron chi connectivity index (χ3n) is 6.11. The predicted octanol–water partition coefficient (Wildman–Crippen LogP) is 2.83. The molecule has 3 aromatic rings. The van der Waals surface area contributed by atoms with E-state index in [0.717, 1.165) is 55.5 Å². The summed E-state index contributed by atoms with van der Waals surface area (Å²) in [6.45, 7) is 4.97. The van der Waals surface area contributed by atoms with E-state index < -0.39 is 0 Å². The van der Waals surface area contributed by atoms with Gasteiger partial charge in [-0.25, -0.2) is 15.0 Å². The van der Waals surface area contributed by atoms with Gasteiger partial charge in [0.25, 0.3) is 5.91 Å². The fourth-order valence-corrected chi connectivity index (χ4v) is 4.04. The molecule has 2 aliphatic rings. The van der Waals surface area contributed by atoms with Crippen molar-refractivity contribution in [2.75, 3.05) is 25.0 Å². The summed E-state index contributed by atoms with van der Waals surface area (Å²) in [6, 6.07) is 7.73. The first-order valence-electron chi connectivity index (χ1n) is 11.8. The highest BCUT2D eigenvalue weighted by atomic mass is 16.2. The van der Waals surface area contributed by atoms with E-state index in [4.69, 9.17) is 9.97 Å². The van der Waals surface area contributed by atoms with Crippen LogP contribution in [0, 0.1) is 0 Å². The Balaban J connectivity index is 1.43. The molecule has 2 amide bonds. The van der Waals surface area contributed by atoms with Crippen molar-refractivity contribution >= 4 is 28.8 Å². The largest absolute Gasteiger partial charge is 0.368 e. The number of nitrogens with one attached hydrogen (secondary N) is 2. The summed E-state index contributed by atoms with van der Waals surface area (Å²) in [6.07, 6.45) is 6.41. The van der Waals surface area contributed by atoms with Crippen molar-refractivity contribution in [3.8, 4) is 11.4 Å². The molecule has 1 aliphatic carbocycles. The number of hydrogen-bond donors (Lipinski definition) is 2. The molecule has 9 nitrogen and oxygen atoms in total. The first-order valence-corrected chi connectivity index (χ1v) is 11.8. The van der Waals surface area contributed by atoms with Crippen molar-refractivity contribution in [3.05, 3.63) is 36.2 Å². The maximum atomic E-state index is 12.3. The van der Waals surface area contributed by atoms with Crippen LogP contribution in [0.3, 0.4) is 0 Å². The van der Waals surface area contributed by atoms with E-state index in [0.29, 0.717) is 42.8 Å². The topological polar surface area (TPSA) is 105 Å². The van der Waals surface area contributed by atoms with Crippen LogP contribution < -0.4 is 10.6 Å². The smallest absolute Gasteiger partial charge is 0.251 e. The van der Waals surface area contributed by atoms with Crippen molar-refractivity contribution < 1.29 is 9.59 Å². The van der Waals surface area contributed by atoms with E-state index in [1.54, 1.807) is 6.33 Å². The van der Waals surface area contributed by atoms with Crippen molar-refractivity contribution in [2.24, 2.45) is 0 Å². The van der Waals surface area contributed by atoms with Crippen LogP contribution >= 0.6 is 0 Å². The lowest BCUT2D eigenvalue weighted by molar-refractivity contribution is -0.127. The number of carbonyl (C=O) groups is 2. The third kappa shape index (κ3) is 4.67. The van der Waals surface area contributed by atoms with Crippen LogP contribution in [-0.2, 0) is 11.3 Å². The molecular formula is C24H29N7O2. The van der Waals surface area contributed by atoms with E-state index in [1.807, 2.05) is 33.7 Å². The highest BCUT2D eigenvalue weighted by Crippen LogP contribution is 2.25. The van der Waals surface area contributed by atoms with Gasteiger partial charge in [0.05, 0.1) is 6.33 Å². The molecule has 2 fully saturated rings. The van der Waals surface area contributed by atoms with Gasteiger partial charge in [-0.1, -0.05) is 19.1 Å². The number of fused-ring (bicyclic) bond motifs is 1. The zero-order chi connectivity index (χ0) is 22.8. The van der Waals surface area contributed by atoms with Gasteiger partial charge < -0.3 is 20.1 Å². The summed E-state index contributed by atoms with van der Waals surface area (Å²) in [5.41, 5.74) is 2.93. The van der Waals surface area contributed by atoms with Gasteiger partial charge >= 0.3 is 0 Å². The normalized spacial score (nSPS) is 15.9. The van der Waals surface area contributed by atoms with Crippen LogP contribution in [-0.4, -0.2) is 61.9 Å². The number of benzene rings is 1. The molecule has 1 aliphatic heterocycles. The Hall–Kier alpha value is -3.49. The summed E-state index contributed by atoms with van der Waals surface area (Å²) < 4.78 is 1.99. The number of carbonyl (C=O) groups excluding carboxylic acids is 2. The number of rotatable bonds is 9. The minimum absolute atomic E-state index is 0.0414. The second-order valence-electron chi connectivity index (χ2n) is 8.74. The highest BCUT2D eigenvalue weighted by Gasteiger charge is 2.24. The first-order chi connectivity index (χ1) is 16.1. The molecule has 2 aromatic heterocycles. The lowest BCUT2D eigenvalue weighted by Gasteiger charge is -2.16. The molecule has 0 unspecified atom stereocenters. The SMILES string of the molecule is CCCNc1nc(-c2ccc(C(=O)NC3CC3)cc2)nc2c1ncn2CCN1CCCC1=O. The van der Waals surface area contributed by atoms with E-state index in [2.05, 4.69) is 22.5 Å². The average Bonchev–Trinajstić information content (AvgIpc) is 3.40. The second kappa shape index (κ2) is 9.17. The summed E-state index contributed by atoms with van der Waals surface area (Å²) in [4.78, 5) is 40.3. The molecule has 2 N–H and O–H groups in total. The van der Waals surface area contributed by atoms with Gasteiger partial charge in [-0.3, -0.25) is 9.59 Å². The van der Waals surface area contributed by atoms with Crippen LogP contribution in [0.4, 0.5) is 5.82 Å². The van der Waals surface area contributed by atoms with Gasteiger partial charge in [0.2, 0.25) is 5.91 Å². The summed E-state index contributed by atoms with van der Waals surface area (Å²) in [7, 11) is 0. The lowest BCUT2D eigenvalue weighted by Crippen LogP contribution is -2.28. The average molecular weight is 448 g/mol. The lowest BCUT2D eigenvalue weighted by atomic mass is 10.1. The molecule has 0 bridgehead atoms. The zero-order valence-corrected chi connectivity index (χ0v) is 18.9. The Kier molecular flexibility index (Phi) is 5.93. The van der Waals surface area contributed by atoms with Gasteiger partial charge in [-0.05, 0) is 37.8 Å². The van der Waals surface area contributed by atoms with Crippen molar-refractivity contribution in [2.45, 2.75) is 51.6 Å². The fourth-order valence-electron chi connectivity index (χ4n) is 4.04. The zero-order valence-electron chi connectivity index (χ0n) is 18.9. The first kappa shape index (κ1) is 21.4. The maximum Gasteiger partial charge on any atom is 0.251 e. The number of imidazole rings is 1. The quantitative estimate of drug-likeness (QED) is 0.523. The second-order valence-corrected chi connectivity index (χ2v) is 8.74. The molecule has 33 heavy (non-hydrogen) atoms. The van der Waals surface area contributed by atoms with Crippen molar-refractivity contribution in [1.29, 1.82) is 0 Å². The number of nitrogens with zero attached hydrogens (tertiary/aromatic N) is 5. The number of aromatic nitrogens is 4. The van der Waals surface area contributed by atoms with Crippen LogP contribution in [0.1, 0.15) is 49.4 Å². The van der Waals surface area contributed by atoms with Gasteiger partial charge in [0, 0.05) is 49.8 Å².